The molecule has 0 amide bonds. The summed E-state index contributed by atoms with van der Waals surface area (Å²) in [7, 11) is 0. The number of hydrogen-bond donors (Lipinski definition) is 1. The van der Waals surface area contributed by atoms with Gasteiger partial charge in [0, 0.05) is 18.8 Å². The van der Waals surface area contributed by atoms with Gasteiger partial charge in [0.1, 0.15) is 5.82 Å². The monoisotopic (exact) mass is 260 g/mol. The third kappa shape index (κ3) is 3.02. The van der Waals surface area contributed by atoms with Crippen molar-refractivity contribution in [2.45, 2.75) is 19.0 Å². The number of fused-ring (bicyclic) bond motifs is 1. The first-order valence-electron chi connectivity index (χ1n) is 5.24. The molecular weight excluding hydrogens is 249 g/mol. The normalized spacial score (nSPS) is 11.9. The van der Waals surface area contributed by atoms with Crippen LogP contribution in [-0.2, 0) is 0 Å². The number of nitrogens with zero attached hydrogens (tertiary/aromatic N) is 3. The Bertz CT molecular complexity index is 537. The minimum Gasteiger partial charge on any atom is -0.475 e. The summed E-state index contributed by atoms with van der Waals surface area (Å²) in [5.41, 5.74) is 5.96. The summed E-state index contributed by atoms with van der Waals surface area (Å²) in [6.07, 6.45) is -0.470. The van der Waals surface area contributed by atoms with E-state index in [1.807, 2.05) is 0 Å². The lowest BCUT2D eigenvalue weighted by Crippen LogP contribution is -2.10. The predicted molar refractivity (Wildman–Crippen MR) is 58.2 cm³/mol. The molecule has 0 unspecified atom stereocenters. The molecule has 0 aromatic carbocycles. The molecule has 0 atom stereocenters. The van der Waals surface area contributed by atoms with Crippen molar-refractivity contribution in [3.05, 3.63) is 18.6 Å². The lowest BCUT2D eigenvalue weighted by atomic mass is 10.3. The fourth-order valence-corrected chi connectivity index (χ4v) is 1.46. The SMILES string of the molecule is Nc1cn2ccnc2c(OCCCC(F)(F)F)n1. The third-order valence-electron chi connectivity index (χ3n) is 2.21. The Labute approximate surface area is 100 Å². The fraction of sp³-hybridized carbons (Fsp3) is 0.400. The molecule has 0 radical (unpaired) electrons. The number of nitrogen functional groups attached to an aromatic ring is 1. The van der Waals surface area contributed by atoms with E-state index in [0.29, 0.717) is 5.65 Å². The summed E-state index contributed by atoms with van der Waals surface area (Å²) in [6, 6.07) is 0. The summed E-state index contributed by atoms with van der Waals surface area (Å²) in [4.78, 5) is 7.88. The first-order chi connectivity index (χ1) is 8.46. The van der Waals surface area contributed by atoms with Crippen molar-refractivity contribution in [3.63, 3.8) is 0 Å². The van der Waals surface area contributed by atoms with E-state index in [1.54, 1.807) is 16.8 Å². The van der Waals surface area contributed by atoms with Gasteiger partial charge in [0.15, 0.2) is 0 Å². The standard InChI is InChI=1S/C10H11F3N4O/c11-10(12,13)2-1-5-18-9-8-15-3-4-17(8)6-7(14)16-9/h3-4,6H,1-2,5,14H2. The van der Waals surface area contributed by atoms with E-state index in [0.717, 1.165) is 0 Å². The maximum Gasteiger partial charge on any atom is 0.389 e. The van der Waals surface area contributed by atoms with Crippen LogP contribution < -0.4 is 10.5 Å². The number of halogens is 3. The van der Waals surface area contributed by atoms with Crippen molar-refractivity contribution in [1.82, 2.24) is 14.4 Å². The van der Waals surface area contributed by atoms with Gasteiger partial charge in [0.2, 0.25) is 5.65 Å². The Hall–Kier alpha value is -1.99. The number of ether oxygens (including phenoxy) is 1. The summed E-state index contributed by atoms with van der Waals surface area (Å²) < 4.78 is 42.6. The second-order valence-corrected chi connectivity index (χ2v) is 3.70. The highest BCUT2D eigenvalue weighted by atomic mass is 19.4. The molecule has 98 valence electrons. The smallest absolute Gasteiger partial charge is 0.389 e. The van der Waals surface area contributed by atoms with Crippen LogP contribution in [0.2, 0.25) is 0 Å². The van der Waals surface area contributed by atoms with E-state index in [-0.39, 0.29) is 24.7 Å². The number of nitrogens with two attached hydrogens (primary N) is 1. The molecule has 0 bridgehead atoms. The van der Waals surface area contributed by atoms with Crippen LogP contribution in [0.5, 0.6) is 5.88 Å². The molecule has 8 heteroatoms. The topological polar surface area (TPSA) is 65.4 Å². The van der Waals surface area contributed by atoms with Gasteiger partial charge in [0.25, 0.3) is 5.88 Å². The van der Waals surface area contributed by atoms with E-state index < -0.39 is 12.6 Å². The Morgan fingerprint density at radius 1 is 1.39 bits per heavy atom. The molecule has 2 heterocycles. The number of aromatic nitrogens is 3. The number of alkyl halides is 3. The van der Waals surface area contributed by atoms with E-state index in [2.05, 4.69) is 9.97 Å². The highest BCUT2D eigenvalue weighted by Crippen LogP contribution is 2.22. The molecule has 0 aliphatic heterocycles. The first kappa shape index (κ1) is 12.5. The molecule has 0 spiro atoms. The molecule has 0 aliphatic rings. The lowest BCUT2D eigenvalue weighted by Gasteiger charge is -2.08. The second kappa shape index (κ2) is 4.71. The Morgan fingerprint density at radius 2 is 2.17 bits per heavy atom. The molecule has 2 N–H and O–H groups in total. The van der Waals surface area contributed by atoms with Gasteiger partial charge in [-0.2, -0.15) is 18.2 Å². The number of anilines is 1. The molecular formula is C10H11F3N4O. The highest BCUT2D eigenvalue weighted by Gasteiger charge is 2.26. The average molecular weight is 260 g/mol. The minimum absolute atomic E-state index is 0.0848. The maximum absolute atomic E-state index is 11.9. The second-order valence-electron chi connectivity index (χ2n) is 3.70. The third-order valence-corrected chi connectivity index (χ3v) is 2.21. The fourth-order valence-electron chi connectivity index (χ4n) is 1.46. The molecule has 2 aromatic heterocycles. The van der Waals surface area contributed by atoms with E-state index in [4.69, 9.17) is 10.5 Å². The molecule has 2 aromatic rings. The van der Waals surface area contributed by atoms with Crippen LogP contribution in [0.25, 0.3) is 5.65 Å². The lowest BCUT2D eigenvalue weighted by molar-refractivity contribution is -0.136. The minimum atomic E-state index is -4.17. The maximum atomic E-state index is 11.9. The van der Waals surface area contributed by atoms with Gasteiger partial charge in [-0.05, 0) is 6.42 Å². The van der Waals surface area contributed by atoms with Gasteiger partial charge in [-0.1, -0.05) is 0 Å². The van der Waals surface area contributed by atoms with E-state index in [9.17, 15) is 13.2 Å². The molecule has 0 fully saturated rings. The number of imidazole rings is 1. The predicted octanol–water partition coefficient (Wildman–Crippen LogP) is 2.03. The Morgan fingerprint density at radius 3 is 2.89 bits per heavy atom. The molecule has 5 nitrogen and oxygen atoms in total. The van der Waals surface area contributed by atoms with Crippen LogP contribution in [0, 0.1) is 0 Å². The first-order valence-corrected chi connectivity index (χ1v) is 5.24. The molecule has 0 saturated heterocycles. The van der Waals surface area contributed by atoms with Crippen LogP contribution in [0.1, 0.15) is 12.8 Å². The average Bonchev–Trinajstić information content (AvgIpc) is 2.70. The number of hydrogen-bond acceptors (Lipinski definition) is 4. The van der Waals surface area contributed by atoms with Gasteiger partial charge < -0.3 is 10.5 Å². The highest BCUT2D eigenvalue weighted by molar-refractivity contribution is 5.52. The molecule has 0 aliphatic carbocycles. The molecule has 0 saturated carbocycles. The van der Waals surface area contributed by atoms with E-state index in [1.165, 1.54) is 6.20 Å². The van der Waals surface area contributed by atoms with Crippen LogP contribution >= 0.6 is 0 Å². The van der Waals surface area contributed by atoms with Crippen molar-refractivity contribution < 1.29 is 17.9 Å². The Balaban J connectivity index is 2.01. The zero-order chi connectivity index (χ0) is 13.2. The largest absolute Gasteiger partial charge is 0.475 e. The van der Waals surface area contributed by atoms with Crippen molar-refractivity contribution in [1.29, 1.82) is 0 Å². The quantitative estimate of drug-likeness (QED) is 0.854. The van der Waals surface area contributed by atoms with Crippen LogP contribution in [0.3, 0.4) is 0 Å². The number of rotatable bonds is 4. The van der Waals surface area contributed by atoms with Crippen molar-refractivity contribution >= 4 is 11.5 Å². The van der Waals surface area contributed by atoms with Gasteiger partial charge in [-0.3, -0.25) is 4.40 Å². The summed E-state index contributed by atoms with van der Waals surface area (Å²) in [6.45, 7) is -0.0848. The van der Waals surface area contributed by atoms with Crippen molar-refractivity contribution in [3.8, 4) is 5.88 Å². The van der Waals surface area contributed by atoms with Crippen molar-refractivity contribution in [2.75, 3.05) is 12.3 Å². The van der Waals surface area contributed by atoms with Crippen LogP contribution in [0.4, 0.5) is 19.0 Å². The van der Waals surface area contributed by atoms with Crippen LogP contribution in [-0.4, -0.2) is 27.2 Å². The van der Waals surface area contributed by atoms with Gasteiger partial charge in [-0.15, -0.1) is 0 Å². The van der Waals surface area contributed by atoms with Crippen LogP contribution in [0.15, 0.2) is 18.6 Å². The summed E-state index contributed by atoms with van der Waals surface area (Å²) in [5, 5.41) is 0. The van der Waals surface area contributed by atoms with Gasteiger partial charge in [-0.25, -0.2) is 4.98 Å². The van der Waals surface area contributed by atoms with Gasteiger partial charge in [0.05, 0.1) is 12.8 Å². The van der Waals surface area contributed by atoms with Gasteiger partial charge >= 0.3 is 6.18 Å². The zero-order valence-electron chi connectivity index (χ0n) is 9.31. The molecule has 2 rings (SSSR count). The Kier molecular flexibility index (Phi) is 3.26. The summed E-state index contributed by atoms with van der Waals surface area (Å²) in [5.74, 6) is 0.355. The molecule has 18 heavy (non-hydrogen) atoms. The summed E-state index contributed by atoms with van der Waals surface area (Å²) >= 11 is 0. The van der Waals surface area contributed by atoms with Crippen molar-refractivity contribution in [2.24, 2.45) is 0 Å². The van der Waals surface area contributed by atoms with E-state index >= 15 is 0 Å². The zero-order valence-corrected chi connectivity index (χ0v) is 9.31.